The van der Waals surface area contributed by atoms with Crippen LogP contribution in [0.5, 0.6) is 0 Å². The summed E-state index contributed by atoms with van der Waals surface area (Å²) in [5.74, 6) is 2.90. The van der Waals surface area contributed by atoms with Gasteiger partial charge in [0, 0.05) is 4.90 Å². The van der Waals surface area contributed by atoms with Gasteiger partial charge in [-0.05, 0) is 24.0 Å². The number of rotatable bonds is 10. The molecule has 134 valence electrons. The third-order valence-corrected chi connectivity index (χ3v) is 6.54. The van der Waals surface area contributed by atoms with E-state index < -0.39 is 0 Å². The third-order valence-electron chi connectivity index (χ3n) is 5.57. The zero-order chi connectivity index (χ0) is 18.1. The van der Waals surface area contributed by atoms with Crippen molar-refractivity contribution >= 4 is 18.5 Å². The maximum absolute atomic E-state index is 2.48. The monoisotopic (exact) mass is 344 g/mol. The lowest BCUT2D eigenvalue weighted by Gasteiger charge is -2.33. The quantitative estimate of drug-likeness (QED) is 0.306. The summed E-state index contributed by atoms with van der Waals surface area (Å²) in [7, 11) is 0. The van der Waals surface area contributed by atoms with Crippen molar-refractivity contribution in [2.45, 2.75) is 84.3 Å². The first kappa shape index (κ1) is 21.4. The van der Waals surface area contributed by atoms with Gasteiger partial charge in [-0.15, -0.1) is 0 Å². The zero-order valence-corrected chi connectivity index (χ0v) is 17.7. The molecule has 0 radical (unpaired) electrons. The van der Waals surface area contributed by atoms with Gasteiger partial charge in [0.1, 0.15) is 0 Å². The van der Waals surface area contributed by atoms with Gasteiger partial charge < -0.3 is 0 Å². The van der Waals surface area contributed by atoms with Gasteiger partial charge in [-0.3, -0.25) is 0 Å². The van der Waals surface area contributed by atoms with Crippen LogP contribution in [0.4, 0.5) is 0 Å². The average molecular weight is 344 g/mol. The summed E-state index contributed by atoms with van der Waals surface area (Å²) in [4.78, 5) is 1.35. The average Bonchev–Trinajstić information content (AvgIpc) is 2.57. The minimum absolute atomic E-state index is 0.688. The lowest BCUT2D eigenvalue weighted by atomic mass is 9.27. The molecule has 2 unspecified atom stereocenters. The molecule has 1 rings (SSSR count). The second kappa shape index (κ2) is 11.1. The second-order valence-electron chi connectivity index (χ2n) is 7.96. The van der Waals surface area contributed by atoms with Gasteiger partial charge in [-0.2, -0.15) is 0 Å². The smallest absolute Gasteiger partial charge is 0.0990 e. The van der Waals surface area contributed by atoms with E-state index in [1.165, 1.54) is 24.2 Å². The molecule has 0 amide bonds. The number of hydrogen-bond donors (Lipinski definition) is 0. The number of hydrogen-bond acceptors (Lipinski definition) is 1. The Morgan fingerprint density at radius 3 is 1.96 bits per heavy atom. The molecule has 24 heavy (non-hydrogen) atoms. The molecule has 0 fully saturated rings. The largest absolute Gasteiger partial charge is 0.177 e. The second-order valence-corrected chi connectivity index (χ2v) is 8.90. The van der Waals surface area contributed by atoms with Gasteiger partial charge in [0.15, 0.2) is 6.71 Å². The van der Waals surface area contributed by atoms with Gasteiger partial charge in [0.05, 0.1) is 0 Å². The predicted molar refractivity (Wildman–Crippen MR) is 114 cm³/mol. The molecule has 1 aromatic carbocycles. The highest BCUT2D eigenvalue weighted by atomic mass is 32.2. The lowest BCUT2D eigenvalue weighted by Crippen LogP contribution is -2.32. The summed E-state index contributed by atoms with van der Waals surface area (Å²) in [6.45, 7) is 17.4. The standard InChI is InChI=1S/C22H37BS/c1-8-9-13-21(16-24-22-14-11-10-12-15-22)23(19(6)17(2)3)20(7)18(4)5/h10-12,14-20H,8-9,13H2,1-7H3/b21-16+. The molecule has 0 aliphatic rings. The first-order valence-corrected chi connectivity index (χ1v) is 10.7. The van der Waals surface area contributed by atoms with E-state index in [1.54, 1.807) is 5.47 Å². The number of unbranched alkanes of at least 4 members (excludes halogenated alkanes) is 1. The van der Waals surface area contributed by atoms with Crippen molar-refractivity contribution in [2.24, 2.45) is 11.8 Å². The zero-order valence-electron chi connectivity index (χ0n) is 16.9. The molecule has 0 heterocycles. The molecule has 0 aliphatic heterocycles. The molecule has 0 spiro atoms. The minimum atomic E-state index is 0.688. The molecular weight excluding hydrogens is 307 g/mol. The molecule has 2 atom stereocenters. The van der Waals surface area contributed by atoms with Crippen molar-refractivity contribution in [3.8, 4) is 0 Å². The van der Waals surface area contributed by atoms with Gasteiger partial charge >= 0.3 is 0 Å². The van der Waals surface area contributed by atoms with Crippen molar-refractivity contribution < 1.29 is 0 Å². The van der Waals surface area contributed by atoms with Crippen LogP contribution >= 0.6 is 11.8 Å². The normalized spacial score (nSPS) is 15.0. The Morgan fingerprint density at radius 2 is 1.50 bits per heavy atom. The summed E-state index contributed by atoms with van der Waals surface area (Å²) in [5, 5.41) is 2.48. The first-order chi connectivity index (χ1) is 11.4. The molecular formula is C22H37BS. The predicted octanol–water partition coefficient (Wildman–Crippen LogP) is 7.98. The van der Waals surface area contributed by atoms with Crippen LogP contribution < -0.4 is 0 Å². The van der Waals surface area contributed by atoms with Crippen molar-refractivity contribution in [3.63, 3.8) is 0 Å². The van der Waals surface area contributed by atoms with Gasteiger partial charge in [0.25, 0.3) is 0 Å². The minimum Gasteiger partial charge on any atom is -0.0990 e. The van der Waals surface area contributed by atoms with Crippen LogP contribution in [0.3, 0.4) is 0 Å². The fourth-order valence-corrected chi connectivity index (χ4v) is 4.19. The number of allylic oxidation sites excluding steroid dienone is 1. The molecule has 0 aromatic heterocycles. The Labute approximate surface area is 156 Å². The van der Waals surface area contributed by atoms with E-state index in [1.807, 2.05) is 11.8 Å². The molecule has 0 saturated carbocycles. The molecule has 0 saturated heterocycles. The van der Waals surface area contributed by atoms with Crippen molar-refractivity contribution in [3.05, 3.63) is 41.2 Å². The van der Waals surface area contributed by atoms with Gasteiger partial charge in [-0.1, -0.05) is 120 Å². The SMILES string of the molecule is CCCC/C(=C\Sc1ccccc1)B(C(C)C(C)C)C(C)C(C)C. The van der Waals surface area contributed by atoms with E-state index in [-0.39, 0.29) is 0 Å². The topological polar surface area (TPSA) is 0 Å². The van der Waals surface area contributed by atoms with E-state index in [4.69, 9.17) is 0 Å². The van der Waals surface area contributed by atoms with Crippen LogP contribution in [0.25, 0.3) is 0 Å². The van der Waals surface area contributed by atoms with Crippen molar-refractivity contribution in [2.75, 3.05) is 0 Å². The Kier molecular flexibility index (Phi) is 9.89. The van der Waals surface area contributed by atoms with Crippen molar-refractivity contribution in [1.29, 1.82) is 0 Å². The highest BCUT2D eigenvalue weighted by molar-refractivity contribution is 8.02. The number of benzene rings is 1. The van der Waals surface area contributed by atoms with Gasteiger partial charge in [0.2, 0.25) is 0 Å². The molecule has 2 heteroatoms. The van der Waals surface area contributed by atoms with Crippen LogP contribution in [0, 0.1) is 11.8 Å². The molecule has 0 aliphatic carbocycles. The summed E-state index contributed by atoms with van der Waals surface area (Å²) in [6.07, 6.45) is 3.81. The van der Waals surface area contributed by atoms with Crippen LogP contribution in [0.2, 0.25) is 11.6 Å². The fourth-order valence-electron chi connectivity index (χ4n) is 3.31. The number of thioether (sulfide) groups is 1. The Bertz CT molecular complexity index is 464. The maximum Gasteiger partial charge on any atom is 0.177 e. The molecule has 1 aromatic rings. The Morgan fingerprint density at radius 1 is 0.958 bits per heavy atom. The van der Waals surface area contributed by atoms with E-state index in [0.29, 0.717) is 6.71 Å². The van der Waals surface area contributed by atoms with Crippen LogP contribution in [0.15, 0.2) is 46.1 Å². The molecule has 0 bridgehead atoms. The van der Waals surface area contributed by atoms with Crippen LogP contribution in [-0.4, -0.2) is 6.71 Å². The summed E-state index contributed by atoms with van der Waals surface area (Å²) in [5.41, 5.74) is 1.67. The third kappa shape index (κ3) is 6.71. The Hall–Kier alpha value is -0.625. The first-order valence-electron chi connectivity index (χ1n) is 9.79. The van der Waals surface area contributed by atoms with Crippen molar-refractivity contribution in [1.82, 2.24) is 0 Å². The van der Waals surface area contributed by atoms with E-state index in [0.717, 1.165) is 23.5 Å². The molecule has 0 N–H and O–H groups in total. The Balaban J connectivity index is 3.09. The molecule has 0 nitrogen and oxygen atoms in total. The maximum atomic E-state index is 2.48. The van der Waals surface area contributed by atoms with Crippen LogP contribution in [0.1, 0.15) is 67.7 Å². The summed E-state index contributed by atoms with van der Waals surface area (Å²) >= 11 is 1.90. The highest BCUT2D eigenvalue weighted by Gasteiger charge is 2.33. The van der Waals surface area contributed by atoms with E-state index in [9.17, 15) is 0 Å². The lowest BCUT2D eigenvalue weighted by molar-refractivity contribution is 0.562. The highest BCUT2D eigenvalue weighted by Crippen LogP contribution is 2.39. The van der Waals surface area contributed by atoms with Crippen LogP contribution in [-0.2, 0) is 0 Å². The fraction of sp³-hybridized carbons (Fsp3) is 0.636. The summed E-state index contributed by atoms with van der Waals surface area (Å²) in [6, 6.07) is 10.8. The van der Waals surface area contributed by atoms with E-state index in [2.05, 4.69) is 84.2 Å². The van der Waals surface area contributed by atoms with Gasteiger partial charge in [-0.25, -0.2) is 0 Å². The van der Waals surface area contributed by atoms with E-state index >= 15 is 0 Å². The summed E-state index contributed by atoms with van der Waals surface area (Å²) < 4.78 is 0.